The number of hydrogen-bond acceptors (Lipinski definition) is 5. The number of benzene rings is 2. The largest absolute Gasteiger partial charge is 0.352 e. The highest BCUT2D eigenvalue weighted by molar-refractivity contribution is 5.92. The number of aromatic nitrogens is 4. The molecule has 2 aromatic carbocycles. The summed E-state index contributed by atoms with van der Waals surface area (Å²) in [5.74, 6) is 1.81. The molecule has 0 bridgehead atoms. The maximum absolute atomic E-state index is 4.92. The molecule has 0 spiro atoms. The van der Waals surface area contributed by atoms with Gasteiger partial charge >= 0.3 is 0 Å². The van der Waals surface area contributed by atoms with Gasteiger partial charge in [-0.2, -0.15) is 0 Å². The summed E-state index contributed by atoms with van der Waals surface area (Å²) >= 11 is 0. The average molecular weight is 387 g/mol. The molecule has 1 fully saturated rings. The quantitative estimate of drug-likeness (QED) is 0.563. The van der Waals surface area contributed by atoms with E-state index in [1.54, 1.807) is 0 Å². The fourth-order valence-corrected chi connectivity index (χ4v) is 4.22. The van der Waals surface area contributed by atoms with Crippen molar-refractivity contribution in [1.82, 2.24) is 24.5 Å². The Morgan fingerprint density at radius 1 is 0.966 bits per heavy atom. The summed E-state index contributed by atoms with van der Waals surface area (Å²) < 4.78 is 2.10. The van der Waals surface area contributed by atoms with E-state index >= 15 is 0 Å². The molecular formula is C23H26N6. The Hall–Kier alpha value is -2.99. The molecule has 29 heavy (non-hydrogen) atoms. The van der Waals surface area contributed by atoms with E-state index in [0.717, 1.165) is 67.2 Å². The van der Waals surface area contributed by atoms with Gasteiger partial charge in [0.15, 0.2) is 5.65 Å². The molecule has 4 aromatic rings. The maximum Gasteiger partial charge on any atom is 0.211 e. The zero-order chi connectivity index (χ0) is 19.6. The molecule has 2 aromatic heterocycles. The Morgan fingerprint density at radius 2 is 1.72 bits per heavy atom. The van der Waals surface area contributed by atoms with Crippen LogP contribution in [0.15, 0.2) is 54.6 Å². The number of nitrogens with zero attached hydrogens (tertiary/aromatic N) is 5. The summed E-state index contributed by atoms with van der Waals surface area (Å²) in [6.07, 6.45) is 3.03. The molecule has 0 amide bonds. The van der Waals surface area contributed by atoms with Gasteiger partial charge in [0, 0.05) is 37.5 Å². The lowest BCUT2D eigenvalue weighted by Crippen LogP contribution is -2.39. The number of aryl methyl sites for hydroxylation is 1. The van der Waals surface area contributed by atoms with Gasteiger partial charge in [-0.3, -0.25) is 4.90 Å². The number of hydrogen-bond donors (Lipinski definition) is 1. The number of rotatable bonds is 5. The SMILES string of the molecule is CCc1nnc2c3ccccc3nc(NC3CCN(Cc4ccccc4)CC3)n12. The van der Waals surface area contributed by atoms with E-state index in [9.17, 15) is 0 Å². The van der Waals surface area contributed by atoms with Crippen LogP contribution in [0.5, 0.6) is 0 Å². The lowest BCUT2D eigenvalue weighted by atomic mass is 10.0. The summed E-state index contributed by atoms with van der Waals surface area (Å²) in [5, 5.41) is 13.6. The van der Waals surface area contributed by atoms with Gasteiger partial charge in [-0.25, -0.2) is 9.38 Å². The summed E-state index contributed by atoms with van der Waals surface area (Å²) in [4.78, 5) is 7.46. The van der Waals surface area contributed by atoms with Gasteiger partial charge in [-0.05, 0) is 30.5 Å². The monoisotopic (exact) mass is 386 g/mol. The van der Waals surface area contributed by atoms with E-state index < -0.39 is 0 Å². The zero-order valence-corrected chi connectivity index (χ0v) is 16.8. The topological polar surface area (TPSA) is 58.4 Å². The van der Waals surface area contributed by atoms with Crippen LogP contribution >= 0.6 is 0 Å². The van der Waals surface area contributed by atoms with Crippen molar-refractivity contribution in [2.24, 2.45) is 0 Å². The predicted octanol–water partition coefficient (Wildman–Crippen LogP) is 3.92. The van der Waals surface area contributed by atoms with Crippen molar-refractivity contribution < 1.29 is 0 Å². The molecule has 0 unspecified atom stereocenters. The van der Waals surface area contributed by atoms with E-state index in [4.69, 9.17) is 4.98 Å². The van der Waals surface area contributed by atoms with Gasteiger partial charge < -0.3 is 5.32 Å². The molecule has 0 aliphatic carbocycles. The van der Waals surface area contributed by atoms with Crippen LogP contribution in [-0.2, 0) is 13.0 Å². The van der Waals surface area contributed by atoms with Crippen molar-refractivity contribution in [1.29, 1.82) is 0 Å². The second kappa shape index (κ2) is 7.79. The Kier molecular flexibility index (Phi) is 4.86. The zero-order valence-electron chi connectivity index (χ0n) is 16.8. The minimum Gasteiger partial charge on any atom is -0.352 e. The molecule has 3 heterocycles. The smallest absolute Gasteiger partial charge is 0.211 e. The van der Waals surface area contributed by atoms with Crippen LogP contribution in [0.2, 0.25) is 0 Å². The van der Waals surface area contributed by atoms with E-state index in [2.05, 4.69) is 68.1 Å². The van der Waals surface area contributed by atoms with Crippen molar-refractivity contribution in [3.05, 3.63) is 66.0 Å². The summed E-state index contributed by atoms with van der Waals surface area (Å²) in [6.45, 7) is 5.31. The first-order chi connectivity index (χ1) is 14.3. The van der Waals surface area contributed by atoms with Crippen LogP contribution in [0.4, 0.5) is 5.95 Å². The average Bonchev–Trinajstić information content (AvgIpc) is 3.21. The molecule has 0 atom stereocenters. The predicted molar refractivity (Wildman–Crippen MR) is 116 cm³/mol. The molecule has 0 radical (unpaired) electrons. The standard InChI is InChI=1S/C23H26N6/c1-2-21-26-27-22-19-10-6-7-11-20(19)25-23(29(21)22)24-18-12-14-28(15-13-18)16-17-8-4-3-5-9-17/h3-11,18H,2,12-16H2,1H3,(H,24,25). The summed E-state index contributed by atoms with van der Waals surface area (Å²) in [5.41, 5.74) is 3.23. The number of likely N-dealkylation sites (tertiary alicyclic amines) is 1. The second-order valence-corrected chi connectivity index (χ2v) is 7.76. The van der Waals surface area contributed by atoms with Crippen LogP contribution in [0, 0.1) is 0 Å². The minimum absolute atomic E-state index is 0.408. The van der Waals surface area contributed by atoms with Crippen molar-refractivity contribution in [3.63, 3.8) is 0 Å². The first-order valence-corrected chi connectivity index (χ1v) is 10.5. The highest BCUT2D eigenvalue weighted by Gasteiger charge is 2.22. The molecule has 0 saturated carbocycles. The molecule has 1 aliphatic rings. The van der Waals surface area contributed by atoms with Gasteiger partial charge in [0.1, 0.15) is 5.82 Å². The third-order valence-corrected chi connectivity index (χ3v) is 5.80. The summed E-state index contributed by atoms with van der Waals surface area (Å²) in [6, 6.07) is 19.3. The Balaban J connectivity index is 1.36. The molecular weight excluding hydrogens is 360 g/mol. The third kappa shape index (κ3) is 3.56. The molecule has 5 rings (SSSR count). The lowest BCUT2D eigenvalue weighted by Gasteiger charge is -2.32. The number of para-hydroxylation sites is 1. The van der Waals surface area contributed by atoms with Crippen molar-refractivity contribution >= 4 is 22.5 Å². The second-order valence-electron chi connectivity index (χ2n) is 7.76. The van der Waals surface area contributed by atoms with Crippen LogP contribution in [-0.4, -0.2) is 43.6 Å². The van der Waals surface area contributed by atoms with Crippen molar-refractivity contribution in [2.75, 3.05) is 18.4 Å². The van der Waals surface area contributed by atoms with Gasteiger partial charge in [0.05, 0.1) is 5.52 Å². The normalized spacial score (nSPS) is 15.9. The van der Waals surface area contributed by atoms with Crippen LogP contribution in [0.3, 0.4) is 0 Å². The van der Waals surface area contributed by atoms with E-state index in [1.807, 2.05) is 18.2 Å². The van der Waals surface area contributed by atoms with E-state index in [0.29, 0.717) is 6.04 Å². The van der Waals surface area contributed by atoms with Crippen molar-refractivity contribution in [2.45, 2.75) is 38.8 Å². The van der Waals surface area contributed by atoms with Crippen LogP contribution in [0.25, 0.3) is 16.6 Å². The first-order valence-electron chi connectivity index (χ1n) is 10.5. The number of piperidine rings is 1. The molecule has 1 N–H and O–H groups in total. The molecule has 1 saturated heterocycles. The van der Waals surface area contributed by atoms with E-state index in [-0.39, 0.29) is 0 Å². The highest BCUT2D eigenvalue weighted by Crippen LogP contribution is 2.24. The van der Waals surface area contributed by atoms with Gasteiger partial charge in [0.25, 0.3) is 0 Å². The highest BCUT2D eigenvalue weighted by atomic mass is 15.3. The molecule has 1 aliphatic heterocycles. The molecule has 148 valence electrons. The first kappa shape index (κ1) is 18.1. The number of fused-ring (bicyclic) bond motifs is 3. The lowest BCUT2D eigenvalue weighted by molar-refractivity contribution is 0.211. The Morgan fingerprint density at radius 3 is 2.52 bits per heavy atom. The fourth-order valence-electron chi connectivity index (χ4n) is 4.22. The number of anilines is 1. The van der Waals surface area contributed by atoms with Crippen LogP contribution < -0.4 is 5.32 Å². The number of nitrogens with one attached hydrogen (secondary N) is 1. The fraction of sp³-hybridized carbons (Fsp3) is 0.348. The van der Waals surface area contributed by atoms with Gasteiger partial charge in [-0.1, -0.05) is 49.4 Å². The molecule has 6 nitrogen and oxygen atoms in total. The summed E-state index contributed by atoms with van der Waals surface area (Å²) in [7, 11) is 0. The van der Waals surface area contributed by atoms with Gasteiger partial charge in [0.2, 0.25) is 5.95 Å². The van der Waals surface area contributed by atoms with E-state index in [1.165, 1.54) is 5.56 Å². The van der Waals surface area contributed by atoms with Gasteiger partial charge in [-0.15, -0.1) is 10.2 Å². The Bertz CT molecular complexity index is 1110. The Labute approximate surface area is 170 Å². The third-order valence-electron chi connectivity index (χ3n) is 5.80. The maximum atomic E-state index is 4.92. The van der Waals surface area contributed by atoms with Crippen molar-refractivity contribution in [3.8, 4) is 0 Å². The minimum atomic E-state index is 0.408. The molecule has 6 heteroatoms. The van der Waals surface area contributed by atoms with Crippen LogP contribution in [0.1, 0.15) is 31.2 Å².